The Kier molecular flexibility index (Phi) is 6.28. The molecule has 1 unspecified atom stereocenters. The second-order valence-corrected chi connectivity index (χ2v) is 10.1. The number of halogens is 1. The summed E-state index contributed by atoms with van der Waals surface area (Å²) >= 11 is 0. The summed E-state index contributed by atoms with van der Waals surface area (Å²) in [5.74, 6) is -1.20. The quantitative estimate of drug-likeness (QED) is 0.548. The van der Waals surface area contributed by atoms with Gasteiger partial charge in [0, 0.05) is 24.9 Å². The number of benzene rings is 2. The maximum atomic E-state index is 14.2. The minimum absolute atomic E-state index is 0.0867. The Morgan fingerprint density at radius 3 is 2.44 bits per heavy atom. The van der Waals surface area contributed by atoms with Crippen molar-refractivity contribution in [1.82, 2.24) is 14.8 Å². The Balaban J connectivity index is 1.61. The van der Waals surface area contributed by atoms with Crippen LogP contribution in [-0.4, -0.2) is 38.8 Å². The summed E-state index contributed by atoms with van der Waals surface area (Å²) in [5.41, 5.74) is 1.10. The predicted octanol–water partition coefficient (Wildman–Crippen LogP) is 4.60. The van der Waals surface area contributed by atoms with E-state index in [0.29, 0.717) is 16.9 Å². The van der Waals surface area contributed by atoms with Crippen molar-refractivity contribution in [3.63, 3.8) is 0 Å². The molecule has 1 saturated carbocycles. The fourth-order valence-electron chi connectivity index (χ4n) is 5.54. The van der Waals surface area contributed by atoms with Crippen LogP contribution < -0.4 is 10.6 Å². The summed E-state index contributed by atoms with van der Waals surface area (Å²) < 4.78 is 15.4. The van der Waals surface area contributed by atoms with Crippen molar-refractivity contribution in [3.8, 4) is 0 Å². The normalized spacial score (nSPS) is 20.3. The molecule has 0 radical (unpaired) electrons. The third-order valence-electron chi connectivity index (χ3n) is 7.46. The molecule has 2 N–H and O–H groups in total. The fraction of sp³-hybridized carbons (Fsp3) is 0.393. The Morgan fingerprint density at radius 1 is 1.06 bits per heavy atom. The molecule has 2 aliphatic rings. The number of hydrogen-bond donors (Lipinski definition) is 2. The fourth-order valence-corrected chi connectivity index (χ4v) is 5.54. The van der Waals surface area contributed by atoms with Crippen LogP contribution in [0.4, 0.5) is 10.1 Å². The van der Waals surface area contributed by atoms with Gasteiger partial charge in [0.15, 0.2) is 0 Å². The summed E-state index contributed by atoms with van der Waals surface area (Å²) in [6, 6.07) is 13.5. The van der Waals surface area contributed by atoms with E-state index in [1.807, 2.05) is 28.8 Å². The molecule has 1 aliphatic carbocycles. The van der Waals surface area contributed by atoms with Gasteiger partial charge in [0.2, 0.25) is 11.8 Å². The second-order valence-electron chi connectivity index (χ2n) is 10.1. The van der Waals surface area contributed by atoms with Crippen molar-refractivity contribution in [2.75, 3.05) is 5.32 Å². The minimum atomic E-state index is -1.19. The smallest absolute Gasteiger partial charge is 0.273 e. The van der Waals surface area contributed by atoms with Gasteiger partial charge < -0.3 is 20.1 Å². The number of nitrogens with one attached hydrogen (secondary N) is 2. The van der Waals surface area contributed by atoms with Crippen LogP contribution in [0.3, 0.4) is 0 Å². The number of para-hydroxylation sites is 1. The van der Waals surface area contributed by atoms with Gasteiger partial charge in [-0.05, 0) is 43.5 Å². The molecule has 3 aromatic rings. The third-order valence-corrected chi connectivity index (χ3v) is 7.46. The Morgan fingerprint density at radius 2 is 1.75 bits per heavy atom. The zero-order chi connectivity index (χ0) is 25.4. The van der Waals surface area contributed by atoms with Crippen LogP contribution in [0.25, 0.3) is 10.9 Å². The highest BCUT2D eigenvalue weighted by Crippen LogP contribution is 2.39. The molecular formula is C28H31FN4O3. The summed E-state index contributed by atoms with van der Waals surface area (Å²) in [6.07, 6.45) is 5.18. The maximum Gasteiger partial charge on any atom is 0.273 e. The Bertz CT molecular complexity index is 1330. The summed E-state index contributed by atoms with van der Waals surface area (Å²) in [6.45, 7) is 3.56. The van der Waals surface area contributed by atoms with Crippen molar-refractivity contribution in [3.05, 3.63) is 65.6 Å². The lowest BCUT2D eigenvalue weighted by Crippen LogP contribution is -2.64. The molecule has 1 aliphatic heterocycles. The molecule has 0 saturated heterocycles. The van der Waals surface area contributed by atoms with Gasteiger partial charge in [0.1, 0.15) is 17.1 Å². The first kappa shape index (κ1) is 24.0. The highest BCUT2D eigenvalue weighted by molar-refractivity contribution is 6.14. The lowest BCUT2D eigenvalue weighted by molar-refractivity contribution is -0.134. The molecule has 2 heterocycles. The molecular weight excluding hydrogens is 459 g/mol. The highest BCUT2D eigenvalue weighted by atomic mass is 19.1. The number of nitrogens with zero attached hydrogens (tertiary/aromatic N) is 2. The maximum absolute atomic E-state index is 14.2. The van der Waals surface area contributed by atoms with Crippen LogP contribution in [-0.2, 0) is 22.7 Å². The van der Waals surface area contributed by atoms with E-state index in [-0.39, 0.29) is 42.7 Å². The highest BCUT2D eigenvalue weighted by Gasteiger charge is 2.49. The topological polar surface area (TPSA) is 83.4 Å². The van der Waals surface area contributed by atoms with Crippen molar-refractivity contribution < 1.29 is 18.8 Å². The zero-order valence-electron chi connectivity index (χ0n) is 20.6. The van der Waals surface area contributed by atoms with E-state index in [1.165, 1.54) is 25.5 Å². The van der Waals surface area contributed by atoms with E-state index < -0.39 is 5.54 Å². The van der Waals surface area contributed by atoms with Gasteiger partial charge in [-0.15, -0.1) is 0 Å². The van der Waals surface area contributed by atoms with Crippen molar-refractivity contribution >= 4 is 34.3 Å². The van der Waals surface area contributed by atoms with Crippen LogP contribution in [0.1, 0.15) is 62.0 Å². The average molecular weight is 491 g/mol. The van der Waals surface area contributed by atoms with Crippen molar-refractivity contribution in [2.45, 2.75) is 70.6 Å². The van der Waals surface area contributed by atoms with E-state index in [1.54, 1.807) is 24.0 Å². The Hall–Kier alpha value is -3.68. The van der Waals surface area contributed by atoms with Crippen LogP contribution in [0.5, 0.6) is 0 Å². The molecule has 0 spiro atoms. The van der Waals surface area contributed by atoms with E-state index in [9.17, 15) is 18.8 Å². The molecule has 8 heteroatoms. The number of rotatable bonds is 5. The van der Waals surface area contributed by atoms with Gasteiger partial charge in [0.25, 0.3) is 5.91 Å². The largest absolute Gasteiger partial charge is 0.351 e. The molecule has 2 aromatic carbocycles. The molecule has 188 valence electrons. The summed E-state index contributed by atoms with van der Waals surface area (Å²) in [4.78, 5) is 41.7. The molecule has 7 nitrogen and oxygen atoms in total. The molecule has 1 aromatic heterocycles. The van der Waals surface area contributed by atoms with Crippen LogP contribution in [0.15, 0.2) is 48.5 Å². The van der Waals surface area contributed by atoms with Crippen LogP contribution >= 0.6 is 0 Å². The SMILES string of the molecule is CC(=O)Nc1c2n(c3ccccc13)CC(C)(C(=O)NC1CCCCC1)N(Cc1ccc(F)cc1)C2=O. The number of amides is 3. The van der Waals surface area contributed by atoms with E-state index >= 15 is 0 Å². The van der Waals surface area contributed by atoms with Gasteiger partial charge >= 0.3 is 0 Å². The number of aromatic nitrogens is 1. The van der Waals surface area contributed by atoms with Gasteiger partial charge in [-0.2, -0.15) is 0 Å². The lowest BCUT2D eigenvalue weighted by atomic mass is 9.91. The molecule has 3 amide bonds. The molecule has 1 atom stereocenters. The minimum Gasteiger partial charge on any atom is -0.351 e. The zero-order valence-corrected chi connectivity index (χ0v) is 20.6. The number of hydrogen-bond acceptors (Lipinski definition) is 3. The van der Waals surface area contributed by atoms with Gasteiger partial charge in [0.05, 0.1) is 17.7 Å². The lowest BCUT2D eigenvalue weighted by Gasteiger charge is -2.45. The number of anilines is 1. The van der Waals surface area contributed by atoms with Crippen LogP contribution in [0, 0.1) is 5.82 Å². The first-order valence-electron chi connectivity index (χ1n) is 12.5. The first-order valence-corrected chi connectivity index (χ1v) is 12.5. The molecule has 1 fully saturated rings. The number of carbonyl (C=O) groups excluding carboxylic acids is 3. The van der Waals surface area contributed by atoms with Crippen molar-refractivity contribution in [1.29, 1.82) is 0 Å². The van der Waals surface area contributed by atoms with Gasteiger partial charge in [-0.1, -0.05) is 49.6 Å². The van der Waals surface area contributed by atoms with Crippen molar-refractivity contribution in [2.24, 2.45) is 0 Å². The number of carbonyl (C=O) groups is 3. The Labute approximate surface area is 209 Å². The van der Waals surface area contributed by atoms with E-state index in [2.05, 4.69) is 10.6 Å². The first-order chi connectivity index (χ1) is 17.3. The third kappa shape index (κ3) is 4.25. The van der Waals surface area contributed by atoms with E-state index in [0.717, 1.165) is 36.6 Å². The predicted molar refractivity (Wildman–Crippen MR) is 136 cm³/mol. The van der Waals surface area contributed by atoms with E-state index in [4.69, 9.17) is 0 Å². The average Bonchev–Trinajstić information content (AvgIpc) is 3.16. The summed E-state index contributed by atoms with van der Waals surface area (Å²) in [7, 11) is 0. The molecule has 5 rings (SSSR count). The second kappa shape index (κ2) is 9.41. The number of fused-ring (bicyclic) bond motifs is 3. The van der Waals surface area contributed by atoms with Gasteiger partial charge in [-0.3, -0.25) is 14.4 Å². The molecule has 0 bridgehead atoms. The molecule has 36 heavy (non-hydrogen) atoms. The van der Waals surface area contributed by atoms with Crippen LogP contribution in [0.2, 0.25) is 0 Å². The van der Waals surface area contributed by atoms with Gasteiger partial charge in [-0.25, -0.2) is 4.39 Å². The summed E-state index contributed by atoms with van der Waals surface area (Å²) in [5, 5.41) is 6.80. The monoisotopic (exact) mass is 490 g/mol. The standard InChI is InChI=1S/C28H31FN4O3/c1-18(34)30-24-22-10-6-7-11-23(22)32-17-28(2,27(36)31-21-8-4-3-5-9-21)33(26(35)25(24)32)16-19-12-14-20(29)15-13-19/h6-7,10-15,21H,3-5,8-9,16-17H2,1-2H3,(H,30,34)(H,31,36).